The van der Waals surface area contributed by atoms with E-state index in [1.807, 2.05) is 0 Å². The molecule has 0 bridgehead atoms. The van der Waals surface area contributed by atoms with Crippen LogP contribution in [-0.2, 0) is 4.74 Å². The zero-order chi connectivity index (χ0) is 5.86. The van der Waals surface area contributed by atoms with Crippen LogP contribution >= 0.6 is 12.2 Å². The van der Waals surface area contributed by atoms with Gasteiger partial charge in [0.2, 0.25) is 0 Å². The van der Waals surface area contributed by atoms with Gasteiger partial charge >= 0.3 is 0 Å². The van der Waals surface area contributed by atoms with Crippen LogP contribution in [0.2, 0.25) is 0 Å². The van der Waals surface area contributed by atoms with Crippen LogP contribution in [0.3, 0.4) is 0 Å². The minimum Gasteiger partial charge on any atom is -0.488 e. The molecule has 0 aromatic rings. The lowest BCUT2D eigenvalue weighted by atomic mass is 10.5. The van der Waals surface area contributed by atoms with Gasteiger partial charge in [0.15, 0.2) is 11.2 Å². The number of halogens is 1. The predicted molar refractivity (Wildman–Crippen MR) is 30.2 cm³/mol. The minimum absolute atomic E-state index is 0.0139. The van der Waals surface area contributed by atoms with Crippen molar-refractivity contribution in [2.75, 3.05) is 7.11 Å². The topological polar surface area (TPSA) is 9.23 Å². The molecule has 0 heterocycles. The van der Waals surface area contributed by atoms with Crippen molar-refractivity contribution in [2.24, 2.45) is 0 Å². The Labute approximate surface area is 47.5 Å². The minimum atomic E-state index is -1.13. The Balaban J connectivity index is 3.35. The van der Waals surface area contributed by atoms with Gasteiger partial charge in [-0.25, -0.2) is 4.39 Å². The lowest BCUT2D eigenvalue weighted by molar-refractivity contribution is 0.339. The van der Waals surface area contributed by atoms with Crippen molar-refractivity contribution in [3.63, 3.8) is 0 Å². The van der Waals surface area contributed by atoms with Crippen molar-refractivity contribution < 1.29 is 9.13 Å². The van der Waals surface area contributed by atoms with Crippen molar-refractivity contribution in [1.29, 1.82) is 0 Å². The van der Waals surface area contributed by atoms with Gasteiger partial charge in [-0.2, -0.15) is 0 Å². The second-order valence-electron chi connectivity index (χ2n) is 1.14. The maximum atomic E-state index is 11.8. The molecular formula is C4H7FOS. The quantitative estimate of drug-likeness (QED) is 0.485. The van der Waals surface area contributed by atoms with E-state index in [2.05, 4.69) is 17.0 Å². The summed E-state index contributed by atoms with van der Waals surface area (Å²) in [6, 6.07) is 0. The summed E-state index contributed by atoms with van der Waals surface area (Å²) in [5.74, 6) is 0. The summed E-state index contributed by atoms with van der Waals surface area (Å²) < 4.78 is 16.2. The smallest absolute Gasteiger partial charge is 0.193 e. The standard InChI is InChI=1S/C4H7FOS/c1-3(5)4(7)6-2/h3H,1-2H3. The molecule has 3 heteroatoms. The van der Waals surface area contributed by atoms with E-state index in [0.29, 0.717) is 0 Å². The lowest BCUT2D eigenvalue weighted by Gasteiger charge is -1.98. The van der Waals surface area contributed by atoms with Crippen LogP contribution in [0, 0.1) is 0 Å². The van der Waals surface area contributed by atoms with E-state index in [1.165, 1.54) is 14.0 Å². The average Bonchev–Trinajstić information content (AvgIpc) is 1.65. The highest BCUT2D eigenvalue weighted by atomic mass is 32.1. The van der Waals surface area contributed by atoms with E-state index in [-0.39, 0.29) is 5.05 Å². The molecule has 1 atom stereocenters. The zero-order valence-corrected chi connectivity index (χ0v) is 5.09. The molecule has 1 nitrogen and oxygen atoms in total. The number of hydrogen-bond acceptors (Lipinski definition) is 2. The van der Waals surface area contributed by atoms with Gasteiger partial charge < -0.3 is 4.74 Å². The molecule has 42 valence electrons. The van der Waals surface area contributed by atoms with Crippen molar-refractivity contribution in [1.82, 2.24) is 0 Å². The molecule has 7 heavy (non-hydrogen) atoms. The number of thiocarbonyl (C=S) groups is 1. The van der Waals surface area contributed by atoms with Gasteiger partial charge in [0, 0.05) is 0 Å². The molecule has 0 aromatic carbocycles. The maximum Gasteiger partial charge on any atom is 0.193 e. The highest BCUT2D eigenvalue weighted by Gasteiger charge is 2.02. The number of ether oxygens (including phenoxy) is 1. The first-order valence-corrected chi connectivity index (χ1v) is 2.31. The third-order valence-corrected chi connectivity index (χ3v) is 1.02. The van der Waals surface area contributed by atoms with Gasteiger partial charge in [0.25, 0.3) is 0 Å². The van der Waals surface area contributed by atoms with Gasteiger partial charge in [-0.3, -0.25) is 0 Å². The van der Waals surface area contributed by atoms with Crippen molar-refractivity contribution in [3.8, 4) is 0 Å². The van der Waals surface area contributed by atoms with E-state index >= 15 is 0 Å². The van der Waals surface area contributed by atoms with Crippen LogP contribution in [0.4, 0.5) is 4.39 Å². The Morgan fingerprint density at radius 1 is 1.86 bits per heavy atom. The summed E-state index contributed by atoms with van der Waals surface area (Å²) in [5, 5.41) is 0.0139. The highest BCUT2D eigenvalue weighted by molar-refractivity contribution is 7.80. The SMILES string of the molecule is COC(=S)C(C)F. The van der Waals surface area contributed by atoms with E-state index in [9.17, 15) is 4.39 Å². The molecule has 0 aromatic heterocycles. The average molecular weight is 122 g/mol. The number of hydrogen-bond donors (Lipinski definition) is 0. The van der Waals surface area contributed by atoms with Gasteiger partial charge in [-0.1, -0.05) is 0 Å². The summed E-state index contributed by atoms with van der Waals surface area (Å²) in [6.07, 6.45) is -1.13. The fourth-order valence-electron chi connectivity index (χ4n) is 0.162. The van der Waals surface area contributed by atoms with Crippen LogP contribution in [0.25, 0.3) is 0 Å². The van der Waals surface area contributed by atoms with Gasteiger partial charge in [-0.15, -0.1) is 0 Å². The largest absolute Gasteiger partial charge is 0.488 e. The first-order valence-electron chi connectivity index (χ1n) is 1.90. The van der Waals surface area contributed by atoms with Crippen molar-refractivity contribution >= 4 is 17.3 Å². The van der Waals surface area contributed by atoms with E-state index in [4.69, 9.17) is 0 Å². The third kappa shape index (κ3) is 2.51. The first kappa shape index (κ1) is 6.82. The summed E-state index contributed by atoms with van der Waals surface area (Å²) in [5.41, 5.74) is 0. The Hall–Kier alpha value is -0.180. The Morgan fingerprint density at radius 2 is 2.29 bits per heavy atom. The molecule has 0 N–H and O–H groups in total. The Kier molecular flexibility index (Phi) is 2.83. The maximum absolute atomic E-state index is 11.8. The molecule has 0 rings (SSSR count). The molecule has 0 aliphatic carbocycles. The Morgan fingerprint density at radius 3 is 2.29 bits per heavy atom. The molecule has 0 amide bonds. The van der Waals surface area contributed by atoms with Crippen LogP contribution < -0.4 is 0 Å². The molecule has 1 unspecified atom stereocenters. The lowest BCUT2D eigenvalue weighted by Crippen LogP contribution is -2.09. The summed E-state index contributed by atoms with van der Waals surface area (Å²) >= 11 is 4.38. The second kappa shape index (κ2) is 2.91. The number of methoxy groups -OCH3 is 1. The number of rotatable bonds is 1. The summed E-state index contributed by atoms with van der Waals surface area (Å²) in [7, 11) is 1.36. The predicted octanol–water partition coefficient (Wildman–Crippen LogP) is 1.32. The molecule has 0 fully saturated rings. The molecule has 0 radical (unpaired) electrons. The molecule has 0 saturated carbocycles. The second-order valence-corrected chi connectivity index (χ2v) is 1.54. The fourth-order valence-corrected chi connectivity index (χ4v) is 0.162. The van der Waals surface area contributed by atoms with Crippen molar-refractivity contribution in [2.45, 2.75) is 13.1 Å². The van der Waals surface area contributed by atoms with Crippen LogP contribution in [0.15, 0.2) is 0 Å². The van der Waals surface area contributed by atoms with Gasteiger partial charge in [-0.05, 0) is 19.1 Å². The molecule has 0 spiro atoms. The number of alkyl halides is 1. The van der Waals surface area contributed by atoms with E-state index in [0.717, 1.165) is 0 Å². The molecule has 0 saturated heterocycles. The van der Waals surface area contributed by atoms with Crippen LogP contribution in [0.1, 0.15) is 6.92 Å². The zero-order valence-electron chi connectivity index (χ0n) is 4.27. The van der Waals surface area contributed by atoms with Crippen molar-refractivity contribution in [3.05, 3.63) is 0 Å². The normalized spacial score (nSPS) is 13.0. The van der Waals surface area contributed by atoms with E-state index < -0.39 is 6.17 Å². The van der Waals surface area contributed by atoms with Crippen LogP contribution in [0.5, 0.6) is 0 Å². The Bertz CT molecular complexity index is 72.1. The van der Waals surface area contributed by atoms with Gasteiger partial charge in [0.1, 0.15) is 0 Å². The highest BCUT2D eigenvalue weighted by Crippen LogP contribution is 1.92. The fraction of sp³-hybridized carbons (Fsp3) is 0.750. The van der Waals surface area contributed by atoms with Gasteiger partial charge in [0.05, 0.1) is 7.11 Å². The molecule has 0 aliphatic heterocycles. The molecule has 0 aliphatic rings. The summed E-state index contributed by atoms with van der Waals surface area (Å²) in [6.45, 7) is 1.34. The van der Waals surface area contributed by atoms with Crippen LogP contribution in [-0.4, -0.2) is 18.3 Å². The summed E-state index contributed by atoms with van der Waals surface area (Å²) in [4.78, 5) is 0. The molecular weight excluding hydrogens is 115 g/mol. The third-order valence-electron chi connectivity index (χ3n) is 0.526. The van der Waals surface area contributed by atoms with E-state index in [1.54, 1.807) is 0 Å². The first-order chi connectivity index (χ1) is 3.18. The monoisotopic (exact) mass is 122 g/mol.